The van der Waals surface area contributed by atoms with Crippen molar-refractivity contribution >= 4 is 22.8 Å². The van der Waals surface area contributed by atoms with Gasteiger partial charge in [-0.15, -0.1) is 0 Å². The summed E-state index contributed by atoms with van der Waals surface area (Å²) in [5.41, 5.74) is 1.10. The molecule has 0 amide bonds. The first-order valence-corrected chi connectivity index (χ1v) is 8.68. The summed E-state index contributed by atoms with van der Waals surface area (Å²) in [6.07, 6.45) is 0. The van der Waals surface area contributed by atoms with Gasteiger partial charge in [0.15, 0.2) is 11.2 Å². The summed E-state index contributed by atoms with van der Waals surface area (Å²) in [6.45, 7) is 2.36. The highest BCUT2D eigenvalue weighted by atomic mass is 16.5. The van der Waals surface area contributed by atoms with Crippen LogP contribution in [0.25, 0.3) is 11.2 Å². The second-order valence-corrected chi connectivity index (χ2v) is 6.43. The predicted molar refractivity (Wildman–Crippen MR) is 101 cm³/mol. The summed E-state index contributed by atoms with van der Waals surface area (Å²) in [5, 5.41) is 0. The Kier molecular flexibility index (Phi) is 4.23. The number of imidazole rings is 1. The van der Waals surface area contributed by atoms with E-state index >= 15 is 0 Å². The van der Waals surface area contributed by atoms with E-state index in [1.807, 2.05) is 33.7 Å². The maximum absolute atomic E-state index is 12.6. The molecule has 9 heteroatoms. The number of fused-ring (bicyclic) bond motifs is 3. The zero-order chi connectivity index (χ0) is 19.1. The molecule has 1 aromatic carbocycles. The van der Waals surface area contributed by atoms with Crippen LogP contribution in [0.5, 0.6) is 5.75 Å². The maximum atomic E-state index is 12.6. The lowest BCUT2D eigenvalue weighted by atomic mass is 10.3. The standard InChI is InChI=1S/C18H21N5O4/c1-20-15-14(16(24)21(2)18(20)25)23-9-8-22(17(23)19-15)12-4-6-13(7-5-12)27-11-10-26-3/h4-7H,8-11H2,1-3H3. The van der Waals surface area contributed by atoms with E-state index in [1.165, 1.54) is 11.6 Å². The van der Waals surface area contributed by atoms with E-state index in [0.29, 0.717) is 43.4 Å². The molecule has 27 heavy (non-hydrogen) atoms. The van der Waals surface area contributed by atoms with Crippen molar-refractivity contribution in [1.29, 1.82) is 0 Å². The van der Waals surface area contributed by atoms with Crippen molar-refractivity contribution < 1.29 is 9.47 Å². The van der Waals surface area contributed by atoms with E-state index < -0.39 is 0 Å². The molecule has 0 radical (unpaired) electrons. The highest BCUT2D eigenvalue weighted by Crippen LogP contribution is 2.32. The number of aryl methyl sites for hydroxylation is 1. The van der Waals surface area contributed by atoms with E-state index in [1.54, 1.807) is 14.2 Å². The van der Waals surface area contributed by atoms with Crippen molar-refractivity contribution in [1.82, 2.24) is 18.7 Å². The van der Waals surface area contributed by atoms with Gasteiger partial charge >= 0.3 is 5.69 Å². The molecule has 2 aromatic heterocycles. The zero-order valence-corrected chi connectivity index (χ0v) is 15.5. The lowest BCUT2D eigenvalue weighted by Gasteiger charge is -2.16. The number of nitrogens with zero attached hydrogens (tertiary/aromatic N) is 5. The highest BCUT2D eigenvalue weighted by molar-refractivity contribution is 5.77. The van der Waals surface area contributed by atoms with Gasteiger partial charge in [-0.25, -0.2) is 4.79 Å². The third kappa shape index (κ3) is 2.71. The monoisotopic (exact) mass is 371 g/mol. The number of rotatable bonds is 5. The zero-order valence-electron chi connectivity index (χ0n) is 15.5. The Balaban J connectivity index is 1.72. The van der Waals surface area contributed by atoms with Crippen LogP contribution in [-0.4, -0.2) is 45.6 Å². The van der Waals surface area contributed by atoms with Crippen LogP contribution in [0, 0.1) is 0 Å². The fourth-order valence-corrected chi connectivity index (χ4v) is 3.36. The van der Waals surface area contributed by atoms with Crippen molar-refractivity contribution in [2.24, 2.45) is 14.1 Å². The van der Waals surface area contributed by atoms with Gasteiger partial charge in [0, 0.05) is 40.0 Å². The van der Waals surface area contributed by atoms with Gasteiger partial charge in [-0.3, -0.25) is 13.9 Å². The Morgan fingerprint density at radius 2 is 1.78 bits per heavy atom. The number of hydrogen-bond donors (Lipinski definition) is 0. The third-order valence-corrected chi connectivity index (χ3v) is 4.82. The number of ether oxygens (including phenoxy) is 2. The van der Waals surface area contributed by atoms with Gasteiger partial charge in [-0.05, 0) is 24.3 Å². The molecule has 9 nitrogen and oxygen atoms in total. The predicted octanol–water partition coefficient (Wildman–Crippen LogP) is 0.611. The van der Waals surface area contributed by atoms with Gasteiger partial charge < -0.3 is 18.9 Å². The third-order valence-electron chi connectivity index (χ3n) is 4.82. The Labute approximate surface area is 155 Å². The normalized spacial score (nSPS) is 13.4. The molecule has 0 atom stereocenters. The van der Waals surface area contributed by atoms with Crippen LogP contribution in [0.4, 0.5) is 11.6 Å². The van der Waals surface area contributed by atoms with Gasteiger partial charge in [-0.2, -0.15) is 4.98 Å². The van der Waals surface area contributed by atoms with Crippen molar-refractivity contribution in [3.05, 3.63) is 45.1 Å². The lowest BCUT2D eigenvalue weighted by Crippen LogP contribution is -2.37. The number of methoxy groups -OCH3 is 1. The fourth-order valence-electron chi connectivity index (χ4n) is 3.36. The van der Waals surface area contributed by atoms with Gasteiger partial charge in [0.2, 0.25) is 5.95 Å². The van der Waals surface area contributed by atoms with E-state index in [0.717, 1.165) is 16.0 Å². The summed E-state index contributed by atoms with van der Waals surface area (Å²) in [4.78, 5) is 31.4. The van der Waals surface area contributed by atoms with Gasteiger partial charge in [-0.1, -0.05) is 0 Å². The average molecular weight is 371 g/mol. The van der Waals surface area contributed by atoms with Crippen LogP contribution in [0.2, 0.25) is 0 Å². The molecule has 142 valence electrons. The molecule has 4 rings (SSSR count). The van der Waals surface area contributed by atoms with Crippen LogP contribution >= 0.6 is 0 Å². The maximum Gasteiger partial charge on any atom is 0.332 e. The van der Waals surface area contributed by atoms with Crippen LogP contribution < -0.4 is 20.9 Å². The minimum atomic E-state index is -0.381. The molecule has 1 aliphatic heterocycles. The minimum Gasteiger partial charge on any atom is -0.491 e. The molecular formula is C18H21N5O4. The van der Waals surface area contributed by atoms with Crippen molar-refractivity contribution in [3.8, 4) is 5.75 Å². The van der Waals surface area contributed by atoms with E-state index in [9.17, 15) is 9.59 Å². The smallest absolute Gasteiger partial charge is 0.332 e. The molecule has 0 spiro atoms. The number of anilines is 2. The Morgan fingerprint density at radius 1 is 1.04 bits per heavy atom. The Hall–Kier alpha value is -3.07. The highest BCUT2D eigenvalue weighted by Gasteiger charge is 2.28. The van der Waals surface area contributed by atoms with Crippen LogP contribution in [0.1, 0.15) is 0 Å². The van der Waals surface area contributed by atoms with Crippen LogP contribution in [-0.2, 0) is 25.4 Å². The van der Waals surface area contributed by atoms with Crippen molar-refractivity contribution in [3.63, 3.8) is 0 Å². The fraction of sp³-hybridized carbons (Fsp3) is 0.389. The largest absolute Gasteiger partial charge is 0.491 e. The Morgan fingerprint density at radius 3 is 2.48 bits per heavy atom. The van der Waals surface area contributed by atoms with E-state index in [2.05, 4.69) is 4.98 Å². The molecule has 0 saturated heterocycles. The first-order valence-electron chi connectivity index (χ1n) is 8.68. The van der Waals surface area contributed by atoms with Crippen molar-refractivity contribution in [2.75, 3.05) is 31.8 Å². The minimum absolute atomic E-state index is 0.324. The second-order valence-electron chi connectivity index (χ2n) is 6.43. The first kappa shape index (κ1) is 17.3. The molecule has 1 aliphatic rings. The quantitative estimate of drug-likeness (QED) is 0.611. The second kappa shape index (κ2) is 6.58. The molecule has 0 N–H and O–H groups in total. The van der Waals surface area contributed by atoms with Gasteiger partial charge in [0.25, 0.3) is 5.56 Å². The Bertz CT molecular complexity index is 1110. The average Bonchev–Trinajstić information content (AvgIpc) is 3.25. The summed E-state index contributed by atoms with van der Waals surface area (Å²) in [6, 6.07) is 7.69. The number of benzene rings is 1. The van der Waals surface area contributed by atoms with E-state index in [-0.39, 0.29) is 11.2 Å². The summed E-state index contributed by atoms with van der Waals surface area (Å²) >= 11 is 0. The molecule has 0 bridgehead atoms. The summed E-state index contributed by atoms with van der Waals surface area (Å²) in [5.74, 6) is 1.43. The number of aromatic nitrogens is 4. The topological polar surface area (TPSA) is 83.5 Å². The molecule has 3 heterocycles. The van der Waals surface area contributed by atoms with E-state index in [4.69, 9.17) is 9.47 Å². The van der Waals surface area contributed by atoms with Crippen LogP contribution in [0.15, 0.2) is 33.9 Å². The molecule has 0 aliphatic carbocycles. The molecular weight excluding hydrogens is 350 g/mol. The SMILES string of the molecule is COCCOc1ccc(N2CCn3c2nc2c3c(=O)n(C)c(=O)n2C)cc1. The first-order chi connectivity index (χ1) is 13.0. The number of hydrogen-bond acceptors (Lipinski definition) is 6. The van der Waals surface area contributed by atoms with Crippen LogP contribution in [0.3, 0.4) is 0 Å². The van der Waals surface area contributed by atoms with Crippen molar-refractivity contribution in [2.45, 2.75) is 6.54 Å². The summed E-state index contributed by atoms with van der Waals surface area (Å²) < 4.78 is 15.0. The van der Waals surface area contributed by atoms with Gasteiger partial charge in [0.05, 0.1) is 6.61 Å². The molecule has 0 fully saturated rings. The molecule has 0 saturated carbocycles. The molecule has 3 aromatic rings. The molecule has 0 unspecified atom stereocenters. The lowest BCUT2D eigenvalue weighted by molar-refractivity contribution is 0.146. The summed E-state index contributed by atoms with van der Waals surface area (Å²) in [7, 11) is 4.75. The van der Waals surface area contributed by atoms with Gasteiger partial charge in [0.1, 0.15) is 12.4 Å².